The minimum Gasteiger partial charge on any atom is -0.399 e. The zero-order chi connectivity index (χ0) is 14.0. The van der Waals surface area contributed by atoms with Gasteiger partial charge in [0.25, 0.3) is 0 Å². The summed E-state index contributed by atoms with van der Waals surface area (Å²) >= 11 is 0. The summed E-state index contributed by atoms with van der Waals surface area (Å²) in [6.07, 6.45) is -4.48. The normalized spacial score (nSPS) is 11.1. The standard InChI is InChI=1S/C14H9F3N2/c15-14(16,17)13-4-2-1-3-11(13)12-7-10(19)6-5-9(12)8-18/h1-7H,19H2. The van der Waals surface area contributed by atoms with Crippen LogP contribution in [0.4, 0.5) is 18.9 Å². The predicted molar refractivity (Wildman–Crippen MR) is 66.0 cm³/mol. The molecular formula is C14H9F3N2. The van der Waals surface area contributed by atoms with Crippen molar-refractivity contribution in [2.75, 3.05) is 5.73 Å². The molecule has 2 N–H and O–H groups in total. The van der Waals surface area contributed by atoms with E-state index in [1.165, 1.54) is 36.4 Å². The highest BCUT2D eigenvalue weighted by atomic mass is 19.4. The quantitative estimate of drug-likeness (QED) is 0.794. The van der Waals surface area contributed by atoms with Crippen LogP contribution in [0.5, 0.6) is 0 Å². The van der Waals surface area contributed by atoms with Crippen LogP contribution in [0, 0.1) is 11.3 Å². The zero-order valence-corrected chi connectivity index (χ0v) is 9.70. The monoisotopic (exact) mass is 262 g/mol. The number of nitriles is 1. The minimum absolute atomic E-state index is 0.0427. The Morgan fingerprint density at radius 2 is 1.68 bits per heavy atom. The maximum absolute atomic E-state index is 13.0. The van der Waals surface area contributed by atoms with Gasteiger partial charge in [-0.05, 0) is 29.8 Å². The average Bonchev–Trinajstić information content (AvgIpc) is 2.37. The van der Waals surface area contributed by atoms with Crippen molar-refractivity contribution in [2.24, 2.45) is 0 Å². The van der Waals surface area contributed by atoms with Crippen LogP contribution in [0.25, 0.3) is 11.1 Å². The number of nitrogens with zero attached hydrogens (tertiary/aromatic N) is 1. The molecule has 5 heteroatoms. The molecule has 2 rings (SSSR count). The topological polar surface area (TPSA) is 49.8 Å². The molecule has 0 spiro atoms. The molecule has 19 heavy (non-hydrogen) atoms. The van der Waals surface area contributed by atoms with Crippen LogP contribution in [-0.4, -0.2) is 0 Å². The molecular weight excluding hydrogens is 253 g/mol. The number of nitrogens with two attached hydrogens (primary N) is 1. The Kier molecular flexibility index (Phi) is 3.17. The van der Waals surface area contributed by atoms with E-state index < -0.39 is 11.7 Å². The van der Waals surface area contributed by atoms with Crippen molar-refractivity contribution in [2.45, 2.75) is 6.18 Å². The number of hydrogen-bond donors (Lipinski definition) is 1. The summed E-state index contributed by atoms with van der Waals surface area (Å²) in [4.78, 5) is 0. The van der Waals surface area contributed by atoms with Crippen molar-refractivity contribution >= 4 is 5.69 Å². The molecule has 0 bridgehead atoms. The molecule has 2 nitrogen and oxygen atoms in total. The number of hydrogen-bond acceptors (Lipinski definition) is 2. The molecule has 0 fully saturated rings. The third-order valence-corrected chi connectivity index (χ3v) is 2.69. The van der Waals surface area contributed by atoms with Crippen molar-refractivity contribution in [1.82, 2.24) is 0 Å². The predicted octanol–water partition coefficient (Wildman–Crippen LogP) is 3.83. The van der Waals surface area contributed by atoms with Gasteiger partial charge in [-0.2, -0.15) is 18.4 Å². The van der Waals surface area contributed by atoms with E-state index in [2.05, 4.69) is 0 Å². The summed E-state index contributed by atoms with van der Waals surface area (Å²) < 4.78 is 38.9. The lowest BCUT2D eigenvalue weighted by molar-refractivity contribution is -0.137. The van der Waals surface area contributed by atoms with Crippen molar-refractivity contribution in [3.8, 4) is 17.2 Å². The largest absolute Gasteiger partial charge is 0.417 e. The molecule has 0 heterocycles. The number of anilines is 1. The number of alkyl halides is 3. The highest BCUT2D eigenvalue weighted by molar-refractivity contribution is 5.76. The fraction of sp³-hybridized carbons (Fsp3) is 0.0714. The first-order chi connectivity index (χ1) is 8.93. The van der Waals surface area contributed by atoms with Gasteiger partial charge in [-0.1, -0.05) is 18.2 Å². The van der Waals surface area contributed by atoms with Crippen LogP contribution in [0.3, 0.4) is 0 Å². The third-order valence-electron chi connectivity index (χ3n) is 2.69. The van der Waals surface area contributed by atoms with Gasteiger partial charge in [0.1, 0.15) is 0 Å². The van der Waals surface area contributed by atoms with Gasteiger partial charge in [0.15, 0.2) is 0 Å². The molecule has 2 aromatic carbocycles. The summed E-state index contributed by atoms with van der Waals surface area (Å²) in [6.45, 7) is 0. The van der Waals surface area contributed by atoms with Crippen LogP contribution in [0.2, 0.25) is 0 Å². The molecule has 0 aliphatic rings. The molecule has 0 radical (unpaired) electrons. The van der Waals surface area contributed by atoms with Gasteiger partial charge in [-0.25, -0.2) is 0 Å². The van der Waals surface area contributed by atoms with Gasteiger partial charge in [-0.3, -0.25) is 0 Å². The van der Waals surface area contributed by atoms with E-state index in [0.717, 1.165) is 6.07 Å². The first-order valence-corrected chi connectivity index (χ1v) is 5.39. The van der Waals surface area contributed by atoms with E-state index >= 15 is 0 Å². The number of halogens is 3. The fourth-order valence-electron chi connectivity index (χ4n) is 1.85. The van der Waals surface area contributed by atoms with Crippen molar-refractivity contribution in [3.63, 3.8) is 0 Å². The smallest absolute Gasteiger partial charge is 0.399 e. The Morgan fingerprint density at radius 3 is 2.32 bits per heavy atom. The molecule has 2 aromatic rings. The van der Waals surface area contributed by atoms with E-state index in [1.54, 1.807) is 0 Å². The number of rotatable bonds is 1. The maximum atomic E-state index is 13.0. The van der Waals surface area contributed by atoms with Gasteiger partial charge < -0.3 is 5.73 Å². The molecule has 0 amide bonds. The summed E-state index contributed by atoms with van der Waals surface area (Å²) in [5.74, 6) is 0. The molecule has 0 unspecified atom stereocenters. The van der Waals surface area contributed by atoms with Crippen LogP contribution in [-0.2, 0) is 6.18 Å². The summed E-state index contributed by atoms with van der Waals surface area (Å²) in [6, 6.07) is 11.3. The van der Waals surface area contributed by atoms with Gasteiger partial charge >= 0.3 is 6.18 Å². The maximum Gasteiger partial charge on any atom is 0.417 e. The van der Waals surface area contributed by atoms with Crippen LogP contribution in [0.1, 0.15) is 11.1 Å². The molecule has 0 saturated heterocycles. The SMILES string of the molecule is N#Cc1ccc(N)cc1-c1ccccc1C(F)(F)F. The molecule has 0 atom stereocenters. The van der Waals surface area contributed by atoms with Crippen LogP contribution >= 0.6 is 0 Å². The van der Waals surface area contributed by atoms with Crippen molar-refractivity contribution in [3.05, 3.63) is 53.6 Å². The first-order valence-electron chi connectivity index (χ1n) is 5.39. The second-order valence-corrected chi connectivity index (χ2v) is 3.96. The molecule has 0 aliphatic carbocycles. The minimum atomic E-state index is -4.48. The summed E-state index contributed by atoms with van der Waals surface area (Å²) in [5.41, 5.74) is 5.42. The zero-order valence-electron chi connectivity index (χ0n) is 9.70. The van der Waals surface area contributed by atoms with Gasteiger partial charge in [-0.15, -0.1) is 0 Å². The Labute approximate surface area is 107 Å². The summed E-state index contributed by atoms with van der Waals surface area (Å²) in [5, 5.41) is 8.99. The Morgan fingerprint density at radius 1 is 1.00 bits per heavy atom. The molecule has 96 valence electrons. The fourth-order valence-corrected chi connectivity index (χ4v) is 1.85. The average molecular weight is 262 g/mol. The van der Waals surface area contributed by atoms with Crippen molar-refractivity contribution in [1.29, 1.82) is 5.26 Å². The van der Waals surface area contributed by atoms with E-state index in [9.17, 15) is 13.2 Å². The van der Waals surface area contributed by atoms with E-state index in [-0.39, 0.29) is 16.7 Å². The van der Waals surface area contributed by atoms with Gasteiger partial charge in [0, 0.05) is 11.3 Å². The van der Waals surface area contributed by atoms with E-state index in [1.807, 2.05) is 6.07 Å². The second-order valence-electron chi connectivity index (χ2n) is 3.96. The Bertz CT molecular complexity index is 654. The third kappa shape index (κ3) is 2.52. The Hall–Kier alpha value is -2.48. The Balaban J connectivity index is 2.73. The van der Waals surface area contributed by atoms with Gasteiger partial charge in [0.2, 0.25) is 0 Å². The highest BCUT2D eigenvalue weighted by Gasteiger charge is 2.33. The number of nitrogen functional groups attached to an aromatic ring is 1. The molecule has 0 saturated carbocycles. The van der Waals surface area contributed by atoms with E-state index in [0.29, 0.717) is 5.69 Å². The first kappa shape index (κ1) is 13.0. The van der Waals surface area contributed by atoms with Crippen LogP contribution < -0.4 is 5.73 Å². The summed E-state index contributed by atoms with van der Waals surface area (Å²) in [7, 11) is 0. The lowest BCUT2D eigenvalue weighted by Gasteiger charge is -2.14. The van der Waals surface area contributed by atoms with E-state index in [4.69, 9.17) is 11.0 Å². The van der Waals surface area contributed by atoms with Crippen LogP contribution in [0.15, 0.2) is 42.5 Å². The number of benzene rings is 2. The second kappa shape index (κ2) is 4.65. The lowest BCUT2D eigenvalue weighted by atomic mass is 9.95. The van der Waals surface area contributed by atoms with Crippen molar-refractivity contribution < 1.29 is 13.2 Å². The lowest BCUT2D eigenvalue weighted by Crippen LogP contribution is -2.07. The highest BCUT2D eigenvalue weighted by Crippen LogP contribution is 2.38. The molecule has 0 aromatic heterocycles. The van der Waals surface area contributed by atoms with Gasteiger partial charge in [0.05, 0.1) is 17.2 Å². The molecule has 0 aliphatic heterocycles.